The number of nitro groups is 1. The first-order chi connectivity index (χ1) is 14.9. The van der Waals surface area contributed by atoms with Gasteiger partial charge in [-0.2, -0.15) is 0 Å². The summed E-state index contributed by atoms with van der Waals surface area (Å²) in [7, 11) is 1.26. The van der Waals surface area contributed by atoms with Gasteiger partial charge in [0.05, 0.1) is 28.2 Å². The average Bonchev–Trinajstić information content (AvgIpc) is 2.77. The highest BCUT2D eigenvalue weighted by molar-refractivity contribution is 6.33. The fraction of sp³-hybridized carbons (Fsp3) is 0.0526. The minimum absolute atomic E-state index is 0.125. The third-order valence-electron chi connectivity index (χ3n) is 3.99. The maximum atomic E-state index is 12.3. The second kappa shape index (κ2) is 9.50. The Labute approximate surface area is 180 Å². The van der Waals surface area contributed by atoms with Crippen LogP contribution in [0.4, 0.5) is 23.0 Å². The lowest BCUT2D eigenvalue weighted by Gasteiger charge is -2.11. The molecular weight excluding hydrogens is 428 g/mol. The number of carbonyl (C=O) groups excluding carboxylic acids is 2. The molecule has 0 aliphatic carbocycles. The molecule has 0 aliphatic rings. The number of methoxy groups -OCH3 is 1. The number of anilines is 3. The van der Waals surface area contributed by atoms with Crippen molar-refractivity contribution in [2.45, 2.75) is 0 Å². The first-order valence-corrected chi connectivity index (χ1v) is 9.04. The van der Waals surface area contributed by atoms with Gasteiger partial charge in [0.2, 0.25) is 11.6 Å². The number of aromatic nitrogens is 2. The fourth-order valence-electron chi connectivity index (χ4n) is 2.51. The van der Waals surface area contributed by atoms with Crippen molar-refractivity contribution >= 4 is 46.5 Å². The van der Waals surface area contributed by atoms with Crippen LogP contribution in [0.3, 0.4) is 0 Å². The van der Waals surface area contributed by atoms with E-state index in [1.807, 2.05) is 0 Å². The van der Waals surface area contributed by atoms with Gasteiger partial charge in [0, 0.05) is 5.69 Å². The molecule has 0 spiro atoms. The molecule has 12 heteroatoms. The van der Waals surface area contributed by atoms with Gasteiger partial charge >= 0.3 is 11.7 Å². The molecule has 1 amide bonds. The highest BCUT2D eigenvalue weighted by Gasteiger charge is 2.24. The summed E-state index contributed by atoms with van der Waals surface area (Å²) < 4.78 is 4.63. The van der Waals surface area contributed by atoms with E-state index in [0.29, 0.717) is 11.3 Å². The summed E-state index contributed by atoms with van der Waals surface area (Å²) in [6.45, 7) is 0. The lowest BCUT2D eigenvalue weighted by atomic mass is 10.2. The van der Waals surface area contributed by atoms with E-state index < -0.39 is 22.5 Å². The molecule has 11 nitrogen and oxygen atoms in total. The van der Waals surface area contributed by atoms with Crippen LogP contribution < -0.4 is 16.2 Å². The Kier molecular flexibility index (Phi) is 6.58. The van der Waals surface area contributed by atoms with Crippen molar-refractivity contribution in [3.63, 3.8) is 0 Å². The third-order valence-corrected chi connectivity index (χ3v) is 4.32. The molecule has 2 aromatic carbocycles. The molecule has 158 valence electrons. The molecule has 31 heavy (non-hydrogen) atoms. The van der Waals surface area contributed by atoms with Crippen LogP contribution in [0.25, 0.3) is 0 Å². The van der Waals surface area contributed by atoms with Crippen molar-refractivity contribution in [1.82, 2.24) is 15.4 Å². The van der Waals surface area contributed by atoms with Crippen LogP contribution in [0, 0.1) is 10.1 Å². The zero-order valence-corrected chi connectivity index (χ0v) is 16.7. The van der Waals surface area contributed by atoms with E-state index in [1.54, 1.807) is 12.1 Å². The number of carbonyl (C=O) groups is 2. The Hall–Kier alpha value is -4.25. The average molecular weight is 443 g/mol. The van der Waals surface area contributed by atoms with Gasteiger partial charge in [-0.05, 0) is 36.4 Å². The summed E-state index contributed by atoms with van der Waals surface area (Å²) in [4.78, 5) is 42.5. The van der Waals surface area contributed by atoms with E-state index in [2.05, 4.69) is 30.9 Å². The van der Waals surface area contributed by atoms with Crippen molar-refractivity contribution in [3.05, 3.63) is 81.1 Å². The maximum absolute atomic E-state index is 12.3. The molecule has 3 rings (SSSR count). The zero-order chi connectivity index (χ0) is 22.4. The molecule has 0 unspecified atom stereocenters. The number of nitrogens with one attached hydrogen (secondary N) is 3. The Bertz CT molecular complexity index is 1140. The highest BCUT2D eigenvalue weighted by atomic mass is 35.5. The van der Waals surface area contributed by atoms with Gasteiger partial charge < -0.3 is 10.1 Å². The van der Waals surface area contributed by atoms with E-state index in [1.165, 1.54) is 43.5 Å². The minimum Gasteiger partial charge on any atom is -0.465 e. The van der Waals surface area contributed by atoms with Gasteiger partial charge in [-0.3, -0.25) is 25.8 Å². The largest absolute Gasteiger partial charge is 0.465 e. The smallest absolute Gasteiger partial charge is 0.355 e. The zero-order valence-electron chi connectivity index (χ0n) is 16.0. The highest BCUT2D eigenvalue weighted by Crippen LogP contribution is 2.30. The minimum atomic E-state index is -0.699. The molecule has 0 saturated carbocycles. The van der Waals surface area contributed by atoms with Gasteiger partial charge in [0.25, 0.3) is 5.91 Å². The molecule has 0 bridgehead atoms. The van der Waals surface area contributed by atoms with Gasteiger partial charge in [0.1, 0.15) is 6.33 Å². The molecule has 3 aromatic rings. The fourth-order valence-corrected chi connectivity index (χ4v) is 2.73. The SMILES string of the molecule is COC(=O)c1ccc(Nc2ncnc(NNC(=O)c3ccccc3Cl)c2[N+](=O)[O-])cc1. The molecule has 0 radical (unpaired) electrons. The number of hydrazine groups is 1. The van der Waals surface area contributed by atoms with Crippen molar-refractivity contribution in [1.29, 1.82) is 0 Å². The predicted molar refractivity (Wildman–Crippen MR) is 112 cm³/mol. The van der Waals surface area contributed by atoms with Crippen LogP contribution in [-0.4, -0.2) is 33.9 Å². The quantitative estimate of drug-likeness (QED) is 0.284. The number of nitrogens with zero attached hydrogens (tertiary/aromatic N) is 3. The van der Waals surface area contributed by atoms with E-state index >= 15 is 0 Å². The molecule has 3 N–H and O–H groups in total. The third kappa shape index (κ3) is 5.03. The van der Waals surface area contributed by atoms with Crippen molar-refractivity contribution in [3.8, 4) is 0 Å². The summed E-state index contributed by atoms with van der Waals surface area (Å²) in [6.07, 6.45) is 1.09. The summed E-state index contributed by atoms with van der Waals surface area (Å²) in [5, 5.41) is 14.6. The van der Waals surface area contributed by atoms with Gasteiger partial charge in [-0.15, -0.1) is 0 Å². The maximum Gasteiger partial charge on any atom is 0.355 e. The van der Waals surface area contributed by atoms with Crippen molar-refractivity contribution in [2.75, 3.05) is 17.9 Å². The van der Waals surface area contributed by atoms with Gasteiger partial charge in [-0.1, -0.05) is 23.7 Å². The first kappa shape index (κ1) is 21.5. The van der Waals surface area contributed by atoms with Gasteiger partial charge in [-0.25, -0.2) is 14.8 Å². The number of hydrogen-bond donors (Lipinski definition) is 3. The number of amides is 1. The number of benzene rings is 2. The van der Waals surface area contributed by atoms with Crippen LogP contribution in [-0.2, 0) is 4.74 Å². The Morgan fingerprint density at radius 1 is 1.06 bits per heavy atom. The van der Waals surface area contributed by atoms with E-state index in [4.69, 9.17) is 11.6 Å². The van der Waals surface area contributed by atoms with Crippen LogP contribution in [0.5, 0.6) is 0 Å². The molecule has 0 fully saturated rings. The van der Waals surface area contributed by atoms with E-state index in [9.17, 15) is 19.7 Å². The molecule has 0 aliphatic heterocycles. The molecule has 0 saturated heterocycles. The van der Waals surface area contributed by atoms with Crippen LogP contribution in [0.1, 0.15) is 20.7 Å². The van der Waals surface area contributed by atoms with E-state index in [-0.39, 0.29) is 22.2 Å². The van der Waals surface area contributed by atoms with Crippen LogP contribution in [0.15, 0.2) is 54.9 Å². The number of hydrogen-bond acceptors (Lipinski definition) is 9. The molecule has 1 aromatic heterocycles. The predicted octanol–water partition coefficient (Wildman–Crippen LogP) is 3.33. The lowest BCUT2D eigenvalue weighted by molar-refractivity contribution is -0.383. The second-order valence-corrected chi connectivity index (χ2v) is 6.34. The Balaban J connectivity index is 1.81. The molecule has 1 heterocycles. The van der Waals surface area contributed by atoms with Crippen LogP contribution >= 0.6 is 11.6 Å². The monoisotopic (exact) mass is 442 g/mol. The van der Waals surface area contributed by atoms with E-state index in [0.717, 1.165) is 6.33 Å². The normalized spacial score (nSPS) is 10.1. The standard InChI is InChI=1S/C19H15ClN6O5/c1-31-19(28)11-6-8-12(9-7-11)23-16-15(26(29)30)17(22-10-21-16)24-25-18(27)13-4-2-3-5-14(13)20/h2-10H,1H3,(H,25,27)(H2,21,22,23,24). The summed E-state index contributed by atoms with van der Waals surface area (Å²) in [6, 6.07) is 12.4. The molecule has 0 atom stereocenters. The topological polar surface area (TPSA) is 148 Å². The number of rotatable bonds is 7. The van der Waals surface area contributed by atoms with Crippen molar-refractivity contribution in [2.24, 2.45) is 0 Å². The summed E-state index contributed by atoms with van der Waals surface area (Å²) >= 11 is 5.98. The Morgan fingerprint density at radius 3 is 2.39 bits per heavy atom. The summed E-state index contributed by atoms with van der Waals surface area (Å²) in [5.41, 5.74) is 5.17. The first-order valence-electron chi connectivity index (χ1n) is 8.66. The summed E-state index contributed by atoms with van der Waals surface area (Å²) in [5.74, 6) is -1.49. The van der Waals surface area contributed by atoms with Crippen molar-refractivity contribution < 1.29 is 19.2 Å². The lowest BCUT2D eigenvalue weighted by Crippen LogP contribution is -2.30. The molecular formula is C19H15ClN6O5. The second-order valence-electron chi connectivity index (χ2n) is 5.93. The number of ether oxygens (including phenoxy) is 1. The number of esters is 1. The Morgan fingerprint density at radius 2 is 1.74 bits per heavy atom. The number of halogens is 1. The van der Waals surface area contributed by atoms with Gasteiger partial charge in [0.15, 0.2) is 0 Å². The van der Waals surface area contributed by atoms with Crippen LogP contribution in [0.2, 0.25) is 5.02 Å².